The molecule has 0 radical (unpaired) electrons. The topological polar surface area (TPSA) is 54.0 Å². The summed E-state index contributed by atoms with van der Waals surface area (Å²) in [7, 11) is 0. The van der Waals surface area contributed by atoms with Crippen LogP contribution in [0.3, 0.4) is 0 Å². The van der Waals surface area contributed by atoms with Gasteiger partial charge in [0, 0.05) is 32.7 Å². The number of aliphatic hydroxyl groups excluding tert-OH is 1. The van der Waals surface area contributed by atoms with Crippen LogP contribution in [0.15, 0.2) is 24.3 Å². The number of hydrogen-bond donors (Lipinski definition) is 2. The fraction of sp³-hybridized carbons (Fsp3) is 0.600. The van der Waals surface area contributed by atoms with Crippen molar-refractivity contribution in [1.82, 2.24) is 10.2 Å². The van der Waals surface area contributed by atoms with Crippen LogP contribution in [0.5, 0.6) is 5.75 Å². The van der Waals surface area contributed by atoms with Gasteiger partial charge < -0.3 is 19.9 Å². The molecule has 1 aliphatic rings. The van der Waals surface area contributed by atoms with Crippen molar-refractivity contribution in [3.63, 3.8) is 0 Å². The average Bonchev–Trinajstić information content (AvgIpc) is 2.52. The van der Waals surface area contributed by atoms with E-state index in [9.17, 15) is 0 Å². The summed E-state index contributed by atoms with van der Waals surface area (Å²) >= 11 is 0. The van der Waals surface area contributed by atoms with Gasteiger partial charge in [0.15, 0.2) is 0 Å². The number of halogens is 2. The summed E-state index contributed by atoms with van der Waals surface area (Å²) in [6, 6.07) is 7.98. The Kier molecular flexibility index (Phi) is 12.6. The van der Waals surface area contributed by atoms with Crippen LogP contribution in [-0.4, -0.2) is 62.6 Å². The van der Waals surface area contributed by atoms with Gasteiger partial charge in [-0.25, -0.2) is 0 Å². The first-order valence-electron chi connectivity index (χ1n) is 7.22. The quantitative estimate of drug-likeness (QED) is 0.691. The molecule has 1 aromatic rings. The summed E-state index contributed by atoms with van der Waals surface area (Å²) in [5.41, 5.74) is 1.24. The molecule has 0 aliphatic carbocycles. The lowest BCUT2D eigenvalue weighted by Gasteiger charge is -2.26. The first-order chi connectivity index (χ1) is 9.88. The highest BCUT2D eigenvalue weighted by Gasteiger charge is 2.08. The number of benzene rings is 1. The Hall–Kier alpha value is -0.560. The van der Waals surface area contributed by atoms with E-state index in [-0.39, 0.29) is 31.4 Å². The van der Waals surface area contributed by atoms with E-state index >= 15 is 0 Å². The Morgan fingerprint density at radius 1 is 1.14 bits per heavy atom. The van der Waals surface area contributed by atoms with Crippen LogP contribution in [0.1, 0.15) is 5.56 Å². The van der Waals surface area contributed by atoms with Gasteiger partial charge in [0.1, 0.15) is 12.4 Å². The van der Waals surface area contributed by atoms with Gasteiger partial charge in [0.25, 0.3) is 0 Å². The van der Waals surface area contributed by atoms with E-state index in [2.05, 4.69) is 22.3 Å². The molecule has 1 aromatic carbocycles. The molecule has 0 saturated carbocycles. The van der Waals surface area contributed by atoms with Gasteiger partial charge in [-0.15, -0.1) is 24.8 Å². The van der Waals surface area contributed by atoms with Crippen LogP contribution < -0.4 is 10.1 Å². The molecule has 128 valence electrons. The normalized spacial score (nSPS) is 14.8. The third-order valence-electron chi connectivity index (χ3n) is 3.32. The standard InChI is InChI=1S/C15H24N2O3.2ClH/c18-9-12-20-15-3-1-14(2-4-15)13-16-5-6-17-7-10-19-11-8-17;;/h1-4,16,18H,5-13H2;2*1H. The largest absolute Gasteiger partial charge is 0.491 e. The molecule has 5 nitrogen and oxygen atoms in total. The first kappa shape index (κ1) is 21.4. The van der Waals surface area contributed by atoms with Crippen LogP contribution in [0.4, 0.5) is 0 Å². The maximum atomic E-state index is 8.69. The second kappa shape index (κ2) is 12.9. The van der Waals surface area contributed by atoms with Gasteiger partial charge in [0.2, 0.25) is 0 Å². The van der Waals surface area contributed by atoms with E-state index in [0.717, 1.165) is 51.7 Å². The Labute approximate surface area is 144 Å². The second-order valence-corrected chi connectivity index (χ2v) is 4.85. The van der Waals surface area contributed by atoms with Crippen molar-refractivity contribution >= 4 is 24.8 Å². The summed E-state index contributed by atoms with van der Waals surface area (Å²) in [6.07, 6.45) is 0. The Bertz CT molecular complexity index is 374. The summed E-state index contributed by atoms with van der Waals surface area (Å²) < 4.78 is 10.7. The molecule has 1 heterocycles. The minimum atomic E-state index is 0. The Morgan fingerprint density at radius 2 is 1.82 bits per heavy atom. The van der Waals surface area contributed by atoms with Crippen molar-refractivity contribution < 1.29 is 14.6 Å². The molecule has 2 rings (SSSR count). The number of hydrogen-bond acceptors (Lipinski definition) is 5. The predicted octanol–water partition coefficient (Wildman–Crippen LogP) is 1.32. The van der Waals surface area contributed by atoms with Gasteiger partial charge >= 0.3 is 0 Å². The van der Waals surface area contributed by atoms with Crippen molar-refractivity contribution in [2.24, 2.45) is 0 Å². The fourth-order valence-electron chi connectivity index (χ4n) is 2.16. The van der Waals surface area contributed by atoms with E-state index in [0.29, 0.717) is 6.61 Å². The van der Waals surface area contributed by atoms with Gasteiger partial charge in [-0.05, 0) is 17.7 Å². The van der Waals surface area contributed by atoms with E-state index in [1.807, 2.05) is 12.1 Å². The minimum absolute atomic E-state index is 0. The molecule has 0 aromatic heterocycles. The smallest absolute Gasteiger partial charge is 0.119 e. The summed E-state index contributed by atoms with van der Waals surface area (Å²) in [6.45, 7) is 7.11. The van der Waals surface area contributed by atoms with Crippen LogP contribution in [-0.2, 0) is 11.3 Å². The summed E-state index contributed by atoms with van der Waals surface area (Å²) in [5, 5.41) is 12.1. The maximum absolute atomic E-state index is 8.69. The Balaban J connectivity index is 0.00000220. The highest BCUT2D eigenvalue weighted by Crippen LogP contribution is 2.11. The van der Waals surface area contributed by atoms with E-state index in [1.54, 1.807) is 0 Å². The molecule has 2 N–H and O–H groups in total. The molecule has 0 unspecified atom stereocenters. The molecule has 1 saturated heterocycles. The van der Waals surface area contributed by atoms with Crippen molar-refractivity contribution in [2.75, 3.05) is 52.6 Å². The zero-order chi connectivity index (χ0) is 14.0. The third kappa shape index (κ3) is 8.17. The first-order valence-corrected chi connectivity index (χ1v) is 7.22. The molecule has 1 aliphatic heterocycles. The lowest BCUT2D eigenvalue weighted by molar-refractivity contribution is 0.0384. The average molecular weight is 353 g/mol. The van der Waals surface area contributed by atoms with Crippen LogP contribution in [0, 0.1) is 0 Å². The number of aliphatic hydroxyl groups is 1. The predicted molar refractivity (Wildman–Crippen MR) is 92.5 cm³/mol. The Morgan fingerprint density at radius 3 is 2.45 bits per heavy atom. The van der Waals surface area contributed by atoms with Crippen molar-refractivity contribution in [3.8, 4) is 5.75 Å². The van der Waals surface area contributed by atoms with Crippen LogP contribution >= 0.6 is 24.8 Å². The van der Waals surface area contributed by atoms with Gasteiger partial charge in [-0.3, -0.25) is 4.90 Å². The van der Waals surface area contributed by atoms with E-state index in [4.69, 9.17) is 14.6 Å². The highest BCUT2D eigenvalue weighted by molar-refractivity contribution is 5.85. The second-order valence-electron chi connectivity index (χ2n) is 4.85. The number of nitrogens with one attached hydrogen (secondary N) is 1. The zero-order valence-corrected chi connectivity index (χ0v) is 14.3. The van der Waals surface area contributed by atoms with Gasteiger partial charge in [-0.1, -0.05) is 12.1 Å². The van der Waals surface area contributed by atoms with Crippen LogP contribution in [0.2, 0.25) is 0 Å². The van der Waals surface area contributed by atoms with Gasteiger partial charge in [-0.2, -0.15) is 0 Å². The minimum Gasteiger partial charge on any atom is -0.491 e. The molecule has 7 heteroatoms. The fourth-order valence-corrected chi connectivity index (χ4v) is 2.16. The van der Waals surface area contributed by atoms with Crippen molar-refractivity contribution in [2.45, 2.75) is 6.54 Å². The van der Waals surface area contributed by atoms with Crippen molar-refractivity contribution in [3.05, 3.63) is 29.8 Å². The van der Waals surface area contributed by atoms with Crippen LogP contribution in [0.25, 0.3) is 0 Å². The molecule has 0 amide bonds. The monoisotopic (exact) mass is 352 g/mol. The molecule has 0 atom stereocenters. The maximum Gasteiger partial charge on any atom is 0.119 e. The number of ether oxygens (including phenoxy) is 2. The third-order valence-corrected chi connectivity index (χ3v) is 3.32. The number of rotatable bonds is 8. The summed E-state index contributed by atoms with van der Waals surface area (Å²) in [4.78, 5) is 2.42. The zero-order valence-electron chi connectivity index (χ0n) is 12.7. The van der Waals surface area contributed by atoms with E-state index < -0.39 is 0 Å². The molecule has 0 spiro atoms. The highest BCUT2D eigenvalue weighted by atomic mass is 35.5. The van der Waals surface area contributed by atoms with Gasteiger partial charge in [0.05, 0.1) is 19.8 Å². The SMILES string of the molecule is Cl.Cl.OCCOc1ccc(CNCCN2CCOCC2)cc1. The van der Waals surface area contributed by atoms with Crippen molar-refractivity contribution in [1.29, 1.82) is 0 Å². The molecule has 0 bridgehead atoms. The number of nitrogens with zero attached hydrogens (tertiary/aromatic N) is 1. The molecular formula is C15H26Cl2N2O3. The lowest BCUT2D eigenvalue weighted by atomic mass is 10.2. The van der Waals surface area contributed by atoms with E-state index in [1.165, 1.54) is 5.56 Å². The lowest BCUT2D eigenvalue weighted by Crippen LogP contribution is -2.40. The number of morpholine rings is 1. The molecule has 22 heavy (non-hydrogen) atoms. The summed E-state index contributed by atoms with van der Waals surface area (Å²) in [5.74, 6) is 0.802. The molecular weight excluding hydrogens is 327 g/mol. The molecule has 1 fully saturated rings.